The Morgan fingerprint density at radius 3 is 2.34 bits per heavy atom. The molecule has 0 bridgehead atoms. The van der Waals surface area contributed by atoms with Gasteiger partial charge in [0.2, 0.25) is 5.91 Å². The predicted molar refractivity (Wildman–Crippen MR) is 117 cm³/mol. The van der Waals surface area contributed by atoms with Crippen LogP contribution in [0.5, 0.6) is 0 Å². The van der Waals surface area contributed by atoms with Crippen molar-refractivity contribution in [1.82, 2.24) is 20.0 Å². The average molecular weight is 391 g/mol. The molecule has 0 aliphatic heterocycles. The Hall–Kier alpha value is -2.92. The van der Waals surface area contributed by atoms with Crippen LogP contribution in [-0.2, 0) is 11.2 Å². The standard InChI is InChI=1S/C24H30N4O/c1-4-27(2)23(20-14-9-6-10-15-20)24(29)28(3)17-11-16-21-18-22(26-25-21)19-12-7-5-8-13-19/h5-10,12-15,18,23H,4,11,16-17H2,1-3H3,(H,25,26). The Bertz CT molecular complexity index is 892. The lowest BCUT2D eigenvalue weighted by atomic mass is 10.0. The zero-order valence-corrected chi connectivity index (χ0v) is 17.5. The van der Waals surface area contributed by atoms with Gasteiger partial charge in [-0.05, 0) is 38.1 Å². The number of hydrogen-bond donors (Lipinski definition) is 1. The molecular formula is C24H30N4O. The van der Waals surface area contributed by atoms with Gasteiger partial charge in [-0.1, -0.05) is 67.6 Å². The molecule has 1 N–H and O–H groups in total. The highest BCUT2D eigenvalue weighted by molar-refractivity contribution is 5.83. The average Bonchev–Trinajstić information content (AvgIpc) is 3.24. The number of aromatic nitrogens is 2. The first-order valence-corrected chi connectivity index (χ1v) is 10.2. The summed E-state index contributed by atoms with van der Waals surface area (Å²) in [5.74, 6) is 0.134. The Kier molecular flexibility index (Phi) is 7.19. The molecule has 3 aromatic rings. The van der Waals surface area contributed by atoms with E-state index in [9.17, 15) is 4.79 Å². The van der Waals surface area contributed by atoms with Crippen molar-refractivity contribution < 1.29 is 4.79 Å². The number of rotatable bonds is 9. The molecule has 1 amide bonds. The summed E-state index contributed by atoms with van der Waals surface area (Å²) in [6.45, 7) is 3.60. The van der Waals surface area contributed by atoms with Crippen molar-refractivity contribution in [3.63, 3.8) is 0 Å². The van der Waals surface area contributed by atoms with Crippen LogP contribution in [0, 0.1) is 0 Å². The third-order valence-corrected chi connectivity index (χ3v) is 5.31. The van der Waals surface area contributed by atoms with Gasteiger partial charge in [0.1, 0.15) is 6.04 Å². The molecule has 0 fully saturated rings. The molecule has 0 saturated carbocycles. The summed E-state index contributed by atoms with van der Waals surface area (Å²) >= 11 is 0. The third-order valence-electron chi connectivity index (χ3n) is 5.31. The van der Waals surface area contributed by atoms with E-state index in [0.717, 1.165) is 41.9 Å². The lowest BCUT2D eigenvalue weighted by molar-refractivity contribution is -0.135. The van der Waals surface area contributed by atoms with Crippen LogP contribution in [0.4, 0.5) is 0 Å². The van der Waals surface area contributed by atoms with E-state index in [4.69, 9.17) is 0 Å². The molecule has 0 spiro atoms. The lowest BCUT2D eigenvalue weighted by Crippen LogP contribution is -2.40. The third kappa shape index (κ3) is 5.33. The molecule has 5 heteroatoms. The van der Waals surface area contributed by atoms with Crippen molar-refractivity contribution in [1.29, 1.82) is 0 Å². The van der Waals surface area contributed by atoms with Crippen molar-refractivity contribution >= 4 is 5.91 Å². The summed E-state index contributed by atoms with van der Waals surface area (Å²) in [7, 11) is 3.89. The number of amides is 1. The van der Waals surface area contributed by atoms with E-state index in [-0.39, 0.29) is 11.9 Å². The first kappa shape index (κ1) is 20.8. The second kappa shape index (κ2) is 10.0. The van der Waals surface area contributed by atoms with Gasteiger partial charge in [0.05, 0.1) is 5.69 Å². The maximum atomic E-state index is 13.1. The smallest absolute Gasteiger partial charge is 0.244 e. The minimum atomic E-state index is -0.247. The number of carbonyl (C=O) groups is 1. The van der Waals surface area contributed by atoms with E-state index in [1.807, 2.05) is 67.5 Å². The number of H-pyrrole nitrogens is 1. The van der Waals surface area contributed by atoms with Crippen molar-refractivity contribution in [2.24, 2.45) is 0 Å². The number of carbonyl (C=O) groups excluding carboxylic acids is 1. The monoisotopic (exact) mass is 390 g/mol. The van der Waals surface area contributed by atoms with Gasteiger partial charge in [-0.3, -0.25) is 14.8 Å². The zero-order valence-electron chi connectivity index (χ0n) is 17.5. The summed E-state index contributed by atoms with van der Waals surface area (Å²) in [6, 6.07) is 22.0. The molecule has 0 aliphatic carbocycles. The molecular weight excluding hydrogens is 360 g/mol. The zero-order chi connectivity index (χ0) is 20.6. The molecule has 0 radical (unpaired) electrons. The highest BCUT2D eigenvalue weighted by Gasteiger charge is 2.26. The summed E-state index contributed by atoms with van der Waals surface area (Å²) in [5, 5.41) is 7.53. The second-order valence-corrected chi connectivity index (χ2v) is 7.39. The molecule has 29 heavy (non-hydrogen) atoms. The van der Waals surface area contributed by atoms with Crippen LogP contribution in [-0.4, -0.2) is 53.1 Å². The number of likely N-dealkylation sites (N-methyl/N-ethyl adjacent to an activating group) is 2. The molecule has 2 aromatic carbocycles. The summed E-state index contributed by atoms with van der Waals surface area (Å²) in [5.41, 5.74) is 4.19. The molecule has 1 atom stereocenters. The Labute approximate surface area is 173 Å². The van der Waals surface area contributed by atoms with Crippen molar-refractivity contribution in [3.8, 4) is 11.3 Å². The Morgan fingerprint density at radius 2 is 1.69 bits per heavy atom. The quantitative estimate of drug-likeness (QED) is 0.597. The van der Waals surface area contributed by atoms with E-state index in [0.29, 0.717) is 6.54 Å². The predicted octanol–water partition coefficient (Wildman–Crippen LogP) is 4.16. The molecule has 3 rings (SSSR count). The van der Waals surface area contributed by atoms with E-state index in [2.05, 4.69) is 40.2 Å². The van der Waals surface area contributed by atoms with E-state index in [1.165, 1.54) is 0 Å². The van der Waals surface area contributed by atoms with E-state index < -0.39 is 0 Å². The number of hydrogen-bond acceptors (Lipinski definition) is 3. The van der Waals surface area contributed by atoms with Gasteiger partial charge in [0, 0.05) is 24.8 Å². The minimum Gasteiger partial charge on any atom is -0.344 e. The van der Waals surface area contributed by atoms with Gasteiger partial charge < -0.3 is 4.90 Å². The van der Waals surface area contributed by atoms with Gasteiger partial charge in [-0.25, -0.2) is 0 Å². The van der Waals surface area contributed by atoms with Crippen molar-refractivity contribution in [2.75, 3.05) is 27.2 Å². The molecule has 1 aromatic heterocycles. The fourth-order valence-corrected chi connectivity index (χ4v) is 3.48. The number of benzene rings is 2. The van der Waals surface area contributed by atoms with Gasteiger partial charge in [-0.15, -0.1) is 0 Å². The van der Waals surface area contributed by atoms with Crippen LogP contribution in [0.15, 0.2) is 66.7 Å². The van der Waals surface area contributed by atoms with E-state index >= 15 is 0 Å². The van der Waals surface area contributed by atoms with E-state index in [1.54, 1.807) is 0 Å². The van der Waals surface area contributed by atoms with Crippen LogP contribution < -0.4 is 0 Å². The summed E-state index contributed by atoms with van der Waals surface area (Å²) in [4.78, 5) is 17.1. The minimum absolute atomic E-state index is 0.134. The Morgan fingerprint density at radius 1 is 1.03 bits per heavy atom. The van der Waals surface area contributed by atoms with Gasteiger partial charge in [0.15, 0.2) is 0 Å². The highest BCUT2D eigenvalue weighted by atomic mass is 16.2. The van der Waals surface area contributed by atoms with Crippen LogP contribution in [0.3, 0.4) is 0 Å². The van der Waals surface area contributed by atoms with Gasteiger partial charge in [0.25, 0.3) is 0 Å². The summed E-state index contributed by atoms with van der Waals surface area (Å²) < 4.78 is 0. The van der Waals surface area contributed by atoms with Crippen LogP contribution in [0.25, 0.3) is 11.3 Å². The Balaban J connectivity index is 1.57. The number of nitrogens with one attached hydrogen (secondary N) is 1. The largest absolute Gasteiger partial charge is 0.344 e. The maximum Gasteiger partial charge on any atom is 0.244 e. The fraction of sp³-hybridized carbons (Fsp3) is 0.333. The van der Waals surface area contributed by atoms with Crippen LogP contribution in [0.1, 0.15) is 30.6 Å². The number of aromatic amines is 1. The van der Waals surface area contributed by atoms with Crippen LogP contribution in [0.2, 0.25) is 0 Å². The normalized spacial score (nSPS) is 12.1. The first-order valence-electron chi connectivity index (χ1n) is 10.2. The number of nitrogens with zero attached hydrogens (tertiary/aromatic N) is 3. The molecule has 152 valence electrons. The fourth-order valence-electron chi connectivity index (χ4n) is 3.48. The summed E-state index contributed by atoms with van der Waals surface area (Å²) in [6.07, 6.45) is 1.74. The molecule has 5 nitrogen and oxygen atoms in total. The number of aryl methyl sites for hydroxylation is 1. The van der Waals surface area contributed by atoms with Gasteiger partial charge in [-0.2, -0.15) is 5.10 Å². The molecule has 1 unspecified atom stereocenters. The maximum absolute atomic E-state index is 13.1. The van der Waals surface area contributed by atoms with Gasteiger partial charge >= 0.3 is 0 Å². The second-order valence-electron chi connectivity index (χ2n) is 7.39. The van der Waals surface area contributed by atoms with Crippen molar-refractivity contribution in [3.05, 3.63) is 78.0 Å². The van der Waals surface area contributed by atoms with Crippen molar-refractivity contribution in [2.45, 2.75) is 25.8 Å². The molecule has 0 saturated heterocycles. The molecule has 1 heterocycles. The highest BCUT2D eigenvalue weighted by Crippen LogP contribution is 2.22. The molecule has 0 aliphatic rings. The lowest BCUT2D eigenvalue weighted by Gasteiger charge is -2.30. The van der Waals surface area contributed by atoms with Crippen LogP contribution >= 0.6 is 0 Å². The SMILES string of the molecule is CCN(C)C(C(=O)N(C)CCCc1cc(-c2ccccc2)n[nH]1)c1ccccc1. The first-order chi connectivity index (χ1) is 14.1. The topological polar surface area (TPSA) is 52.2 Å².